The molecule has 0 atom stereocenters. The number of piperidine rings is 1. The molecule has 1 saturated heterocycles. The van der Waals surface area contributed by atoms with Crippen LogP contribution in [0.4, 0.5) is 11.6 Å². The normalized spacial score (nSPS) is 16.7. The van der Waals surface area contributed by atoms with Crippen LogP contribution in [0.25, 0.3) is 0 Å². The second-order valence-corrected chi connectivity index (χ2v) is 5.42. The average Bonchev–Trinajstić information content (AvgIpc) is 2.43. The Balaban J connectivity index is 2.05. The highest BCUT2D eigenvalue weighted by atomic mass is 15.2. The maximum atomic E-state index is 4.49. The molecule has 2 rings (SSSR count). The van der Waals surface area contributed by atoms with Gasteiger partial charge in [-0.15, -0.1) is 0 Å². The molecule has 0 radical (unpaired) electrons. The second kappa shape index (κ2) is 6.73. The second-order valence-electron chi connectivity index (χ2n) is 5.42. The Labute approximate surface area is 116 Å². The third-order valence-electron chi connectivity index (χ3n) is 4.01. The summed E-state index contributed by atoms with van der Waals surface area (Å²) in [4.78, 5) is 11.2. The van der Waals surface area contributed by atoms with Crippen LogP contribution in [0.1, 0.15) is 45.1 Å². The average molecular weight is 262 g/mol. The van der Waals surface area contributed by atoms with Crippen LogP contribution < -0.4 is 10.2 Å². The van der Waals surface area contributed by atoms with Gasteiger partial charge >= 0.3 is 0 Å². The van der Waals surface area contributed by atoms with Crippen molar-refractivity contribution in [1.82, 2.24) is 9.97 Å². The van der Waals surface area contributed by atoms with Gasteiger partial charge in [0.2, 0.25) is 0 Å². The smallest absolute Gasteiger partial charge is 0.137 e. The van der Waals surface area contributed by atoms with Crippen LogP contribution in [0.2, 0.25) is 0 Å². The molecule has 4 nitrogen and oxygen atoms in total. The van der Waals surface area contributed by atoms with Gasteiger partial charge in [-0.25, -0.2) is 9.97 Å². The van der Waals surface area contributed by atoms with Crippen LogP contribution in [-0.2, 0) is 0 Å². The molecular formula is C15H26N4. The molecule has 0 bridgehead atoms. The fraction of sp³-hybridized carbons (Fsp3) is 0.733. The number of nitrogens with one attached hydrogen (secondary N) is 1. The van der Waals surface area contributed by atoms with E-state index in [4.69, 9.17) is 0 Å². The summed E-state index contributed by atoms with van der Waals surface area (Å²) in [5, 5.41) is 3.31. The molecular weight excluding hydrogens is 236 g/mol. The number of nitrogens with zero attached hydrogens (tertiary/aromatic N) is 3. The highest BCUT2D eigenvalue weighted by Crippen LogP contribution is 2.28. The van der Waals surface area contributed by atoms with E-state index >= 15 is 0 Å². The van der Waals surface area contributed by atoms with Crippen molar-refractivity contribution >= 4 is 11.6 Å². The summed E-state index contributed by atoms with van der Waals surface area (Å²) in [5.74, 6) is 3.00. The summed E-state index contributed by atoms with van der Waals surface area (Å²) in [7, 11) is 0. The molecule has 1 aromatic rings. The molecule has 0 aromatic carbocycles. The SMILES string of the molecule is CCCC1CCN(c2ncnc(NCC)c2C)CC1. The number of hydrogen-bond acceptors (Lipinski definition) is 4. The van der Waals surface area contributed by atoms with Gasteiger partial charge in [0.1, 0.15) is 18.0 Å². The lowest BCUT2D eigenvalue weighted by Crippen LogP contribution is -2.34. The molecule has 2 heterocycles. The van der Waals surface area contributed by atoms with Crippen LogP contribution in [0, 0.1) is 12.8 Å². The lowest BCUT2D eigenvalue weighted by Gasteiger charge is -2.33. The number of hydrogen-bond donors (Lipinski definition) is 1. The summed E-state index contributed by atoms with van der Waals surface area (Å²) in [6.07, 6.45) is 6.96. The molecule has 1 aromatic heterocycles. The third-order valence-corrected chi connectivity index (χ3v) is 4.01. The highest BCUT2D eigenvalue weighted by molar-refractivity contribution is 5.58. The minimum atomic E-state index is 0.899. The molecule has 0 spiro atoms. The Kier molecular flexibility index (Phi) is 5.00. The lowest BCUT2D eigenvalue weighted by molar-refractivity contribution is 0.377. The van der Waals surface area contributed by atoms with Crippen LogP contribution >= 0.6 is 0 Å². The maximum absolute atomic E-state index is 4.49. The Morgan fingerprint density at radius 1 is 1.26 bits per heavy atom. The summed E-state index contributed by atoms with van der Waals surface area (Å²) in [5.41, 5.74) is 1.18. The lowest BCUT2D eigenvalue weighted by atomic mass is 9.92. The minimum absolute atomic E-state index is 0.899. The van der Waals surface area contributed by atoms with E-state index in [0.29, 0.717) is 0 Å². The van der Waals surface area contributed by atoms with E-state index in [2.05, 4.69) is 41.0 Å². The van der Waals surface area contributed by atoms with Crippen LogP contribution in [-0.4, -0.2) is 29.6 Å². The topological polar surface area (TPSA) is 41.1 Å². The molecule has 19 heavy (non-hydrogen) atoms. The fourth-order valence-corrected chi connectivity index (χ4v) is 2.95. The number of anilines is 2. The standard InChI is InChI=1S/C15H26N4/c1-4-6-13-7-9-19(10-8-13)15-12(3)14(16-5-2)17-11-18-15/h11,13H,4-10H2,1-3H3,(H,16,17,18). The van der Waals surface area contributed by atoms with Crippen molar-refractivity contribution in [2.75, 3.05) is 29.9 Å². The van der Waals surface area contributed by atoms with E-state index in [9.17, 15) is 0 Å². The Bertz CT molecular complexity index is 397. The van der Waals surface area contributed by atoms with Crippen molar-refractivity contribution in [2.24, 2.45) is 5.92 Å². The van der Waals surface area contributed by atoms with Gasteiger partial charge in [0.05, 0.1) is 0 Å². The zero-order valence-electron chi connectivity index (χ0n) is 12.4. The zero-order valence-corrected chi connectivity index (χ0v) is 12.4. The van der Waals surface area contributed by atoms with E-state index in [-0.39, 0.29) is 0 Å². The van der Waals surface area contributed by atoms with E-state index in [0.717, 1.165) is 37.2 Å². The van der Waals surface area contributed by atoms with Crippen molar-refractivity contribution in [3.8, 4) is 0 Å². The van der Waals surface area contributed by atoms with E-state index in [1.807, 2.05) is 0 Å². The molecule has 4 heteroatoms. The van der Waals surface area contributed by atoms with Gasteiger partial charge in [0, 0.05) is 25.2 Å². The first-order valence-corrected chi connectivity index (χ1v) is 7.56. The van der Waals surface area contributed by atoms with E-state index in [1.54, 1.807) is 6.33 Å². The van der Waals surface area contributed by atoms with Gasteiger partial charge < -0.3 is 10.2 Å². The zero-order chi connectivity index (χ0) is 13.7. The van der Waals surface area contributed by atoms with Gasteiger partial charge in [-0.1, -0.05) is 19.8 Å². The first-order chi connectivity index (χ1) is 9.26. The summed E-state index contributed by atoms with van der Waals surface area (Å²) in [6.45, 7) is 9.66. The largest absolute Gasteiger partial charge is 0.370 e. The predicted octanol–water partition coefficient (Wildman–Crippen LogP) is 3.23. The van der Waals surface area contributed by atoms with Gasteiger partial charge in [-0.05, 0) is 32.6 Å². The van der Waals surface area contributed by atoms with Crippen molar-refractivity contribution in [1.29, 1.82) is 0 Å². The maximum Gasteiger partial charge on any atom is 0.137 e. The van der Waals surface area contributed by atoms with E-state index in [1.165, 1.54) is 31.2 Å². The Hall–Kier alpha value is -1.32. The third kappa shape index (κ3) is 3.37. The van der Waals surface area contributed by atoms with Gasteiger partial charge in [-0.2, -0.15) is 0 Å². The quantitative estimate of drug-likeness (QED) is 0.884. The van der Waals surface area contributed by atoms with Crippen molar-refractivity contribution in [2.45, 2.75) is 46.5 Å². The Morgan fingerprint density at radius 2 is 2.00 bits per heavy atom. The van der Waals surface area contributed by atoms with Crippen molar-refractivity contribution in [3.63, 3.8) is 0 Å². The molecule has 1 aliphatic heterocycles. The first kappa shape index (κ1) is 14.1. The Morgan fingerprint density at radius 3 is 2.63 bits per heavy atom. The monoisotopic (exact) mass is 262 g/mol. The van der Waals surface area contributed by atoms with Crippen LogP contribution in [0.5, 0.6) is 0 Å². The van der Waals surface area contributed by atoms with Gasteiger partial charge in [-0.3, -0.25) is 0 Å². The molecule has 1 fully saturated rings. The van der Waals surface area contributed by atoms with Crippen LogP contribution in [0.15, 0.2) is 6.33 Å². The van der Waals surface area contributed by atoms with E-state index < -0.39 is 0 Å². The predicted molar refractivity (Wildman–Crippen MR) is 80.8 cm³/mol. The number of aromatic nitrogens is 2. The first-order valence-electron chi connectivity index (χ1n) is 7.56. The molecule has 0 amide bonds. The highest BCUT2D eigenvalue weighted by Gasteiger charge is 2.21. The molecule has 1 N–H and O–H groups in total. The fourth-order valence-electron chi connectivity index (χ4n) is 2.95. The summed E-state index contributed by atoms with van der Waals surface area (Å²) < 4.78 is 0. The molecule has 0 unspecified atom stereocenters. The van der Waals surface area contributed by atoms with Gasteiger partial charge in [0.25, 0.3) is 0 Å². The van der Waals surface area contributed by atoms with Gasteiger partial charge in [0.15, 0.2) is 0 Å². The van der Waals surface area contributed by atoms with Crippen molar-refractivity contribution in [3.05, 3.63) is 11.9 Å². The molecule has 106 valence electrons. The summed E-state index contributed by atoms with van der Waals surface area (Å²) in [6, 6.07) is 0. The minimum Gasteiger partial charge on any atom is -0.370 e. The number of rotatable bonds is 5. The van der Waals surface area contributed by atoms with Crippen LogP contribution in [0.3, 0.4) is 0 Å². The van der Waals surface area contributed by atoms with Crippen molar-refractivity contribution < 1.29 is 0 Å². The molecule has 1 aliphatic rings. The molecule has 0 aliphatic carbocycles. The summed E-state index contributed by atoms with van der Waals surface area (Å²) >= 11 is 0. The molecule has 0 saturated carbocycles.